The lowest BCUT2D eigenvalue weighted by molar-refractivity contribution is 1.55. The molecule has 0 radical (unpaired) electrons. The lowest BCUT2D eigenvalue weighted by Gasteiger charge is -1.93. The van der Waals surface area contributed by atoms with Gasteiger partial charge in [0.2, 0.25) is 0 Å². The molecule has 1 N–H and O–H groups in total. The number of hydrogen-bond acceptors (Lipinski definition) is 2. The Balaban J connectivity index is 3.99. The van der Waals surface area contributed by atoms with Crippen LogP contribution in [0.3, 0.4) is 0 Å². The monoisotopic (exact) mass is 132 g/mol. The maximum absolute atomic E-state index is 8.40. The van der Waals surface area contributed by atoms with Gasteiger partial charge in [-0.1, -0.05) is 18.4 Å². The molecule has 50 valence electrons. The maximum Gasteiger partial charge on any atom is 0.296 e. The Labute approximate surface area is 61.5 Å². The third-order valence-electron chi connectivity index (χ3n) is 1.16. The van der Waals surface area contributed by atoms with E-state index < -0.39 is 0 Å². The van der Waals surface area contributed by atoms with E-state index in [1.165, 1.54) is 0 Å². The molecule has 0 unspecified atom stereocenters. The van der Waals surface area contributed by atoms with Gasteiger partial charge in [0.15, 0.2) is 0 Å². The van der Waals surface area contributed by atoms with Gasteiger partial charge in [-0.05, 0) is 6.08 Å². The fourth-order valence-corrected chi connectivity index (χ4v) is 0.399. The number of nitriles is 1. The van der Waals surface area contributed by atoms with Crippen LogP contribution in [0, 0.1) is 16.6 Å². The van der Waals surface area contributed by atoms with Crippen molar-refractivity contribution in [2.75, 3.05) is 0 Å². The van der Waals surface area contributed by atoms with Crippen LogP contribution in [-0.4, -0.2) is 12.9 Å². The summed E-state index contributed by atoms with van der Waals surface area (Å²) in [5.41, 5.74) is 0.742. The normalized spacial score (nSPS) is 8.80. The molecule has 0 aromatic heterocycles. The molecule has 10 heavy (non-hydrogen) atoms. The Morgan fingerprint density at radius 2 is 2.40 bits per heavy atom. The van der Waals surface area contributed by atoms with Crippen molar-refractivity contribution in [3.63, 3.8) is 0 Å². The summed E-state index contributed by atoms with van der Waals surface area (Å²) in [4.78, 5) is 0. The maximum atomic E-state index is 8.40. The first-order valence-corrected chi connectivity index (χ1v) is 2.98. The van der Waals surface area contributed by atoms with Crippen LogP contribution in [0.1, 0.15) is 0 Å². The molecular formula is C7H9BN2. The summed E-state index contributed by atoms with van der Waals surface area (Å²) < 4.78 is 0. The third-order valence-corrected chi connectivity index (χ3v) is 1.16. The van der Waals surface area contributed by atoms with Crippen molar-refractivity contribution in [1.82, 2.24) is 0 Å². The minimum Gasteiger partial charge on any atom is -0.309 e. The number of hydrogen-bond donors (Lipinski definition) is 1. The smallest absolute Gasteiger partial charge is 0.296 e. The second-order valence-corrected chi connectivity index (χ2v) is 1.95. The lowest BCUT2D eigenvalue weighted by Crippen LogP contribution is -2.05. The van der Waals surface area contributed by atoms with Gasteiger partial charge in [0.05, 0.1) is 0 Å². The Kier molecular flexibility index (Phi) is 3.98. The van der Waals surface area contributed by atoms with Crippen LogP contribution in [0.4, 0.5) is 0 Å². The van der Waals surface area contributed by atoms with Gasteiger partial charge in [-0.15, -0.1) is 6.58 Å². The van der Waals surface area contributed by atoms with E-state index >= 15 is 0 Å². The van der Waals surface area contributed by atoms with Crippen molar-refractivity contribution >= 4 is 12.9 Å². The van der Waals surface area contributed by atoms with Gasteiger partial charge >= 0.3 is 0 Å². The minimum absolute atomic E-state index is 0.156. The molecule has 0 spiro atoms. The molecule has 0 aliphatic rings. The van der Waals surface area contributed by atoms with E-state index in [4.69, 9.17) is 10.7 Å². The van der Waals surface area contributed by atoms with Crippen LogP contribution < -0.4 is 0 Å². The van der Waals surface area contributed by atoms with Crippen LogP contribution in [-0.2, 0) is 0 Å². The Morgan fingerprint density at radius 1 is 1.80 bits per heavy atom. The number of nitrogens with zero attached hydrogens (tertiary/aromatic N) is 1. The summed E-state index contributed by atoms with van der Waals surface area (Å²) >= 11 is 0. The highest BCUT2D eigenvalue weighted by molar-refractivity contribution is 6.73. The molecule has 2 nitrogen and oxygen atoms in total. The van der Waals surface area contributed by atoms with Crippen molar-refractivity contribution < 1.29 is 0 Å². The van der Waals surface area contributed by atoms with E-state index in [0.717, 1.165) is 11.7 Å². The predicted octanol–water partition coefficient (Wildman–Crippen LogP) is 1.47. The zero-order chi connectivity index (χ0) is 7.98. The third kappa shape index (κ3) is 2.88. The molecule has 0 atom stereocenters. The van der Waals surface area contributed by atoms with Crippen molar-refractivity contribution in [1.29, 1.82) is 10.7 Å². The summed E-state index contributed by atoms with van der Waals surface area (Å²) in [5, 5.41) is 15.1. The fourth-order valence-electron chi connectivity index (χ4n) is 0.399. The van der Waals surface area contributed by atoms with E-state index in [9.17, 15) is 0 Å². The molecule has 0 heterocycles. The van der Waals surface area contributed by atoms with Gasteiger partial charge in [0.25, 0.3) is 6.71 Å². The first-order valence-electron chi connectivity index (χ1n) is 2.98. The van der Waals surface area contributed by atoms with Gasteiger partial charge in [-0.25, -0.2) is 5.26 Å². The zero-order valence-electron chi connectivity index (χ0n) is 5.96. The predicted molar refractivity (Wildman–Crippen MR) is 44.3 cm³/mol. The molecule has 3 heteroatoms. The van der Waals surface area contributed by atoms with Crippen molar-refractivity contribution in [2.45, 2.75) is 6.82 Å². The first-order chi connectivity index (χ1) is 4.72. The zero-order valence-corrected chi connectivity index (χ0v) is 5.96. The van der Waals surface area contributed by atoms with Crippen LogP contribution in [0.2, 0.25) is 6.82 Å². The average Bonchev–Trinajstić information content (AvgIpc) is 1.98. The van der Waals surface area contributed by atoms with Gasteiger partial charge < -0.3 is 5.41 Å². The summed E-state index contributed by atoms with van der Waals surface area (Å²) in [6.07, 6.45) is 4.38. The standard InChI is InChI=1S/C7H9BN2/c1-7(4-3-5-9)8(2)6-10/h3-5,9H,1H2,2H3/b4-3-,9-5?. The van der Waals surface area contributed by atoms with Crippen molar-refractivity contribution in [2.24, 2.45) is 0 Å². The highest BCUT2D eigenvalue weighted by atomic mass is 14.3. The van der Waals surface area contributed by atoms with E-state index in [1.807, 2.05) is 5.97 Å². The topological polar surface area (TPSA) is 47.6 Å². The van der Waals surface area contributed by atoms with Gasteiger partial charge in [-0.3, -0.25) is 0 Å². The number of nitrogens with one attached hydrogen (secondary N) is 1. The van der Waals surface area contributed by atoms with Gasteiger partial charge in [-0.2, -0.15) is 0 Å². The Hall–Kier alpha value is -1.30. The lowest BCUT2D eigenvalue weighted by atomic mass is 9.48. The first kappa shape index (κ1) is 8.70. The molecular weight excluding hydrogens is 123 g/mol. The summed E-state index contributed by atoms with van der Waals surface area (Å²) in [6, 6.07) is 0. The van der Waals surface area contributed by atoms with Crippen molar-refractivity contribution in [3.05, 3.63) is 24.2 Å². The minimum atomic E-state index is -0.156. The fraction of sp³-hybridized carbons (Fsp3) is 0.143. The van der Waals surface area contributed by atoms with E-state index in [-0.39, 0.29) is 6.71 Å². The van der Waals surface area contributed by atoms with Crippen molar-refractivity contribution in [3.8, 4) is 5.97 Å². The van der Waals surface area contributed by atoms with Crippen LogP contribution in [0.15, 0.2) is 24.2 Å². The van der Waals surface area contributed by atoms with E-state index in [1.54, 1.807) is 19.0 Å². The highest BCUT2D eigenvalue weighted by Crippen LogP contribution is 1.97. The number of rotatable bonds is 3. The van der Waals surface area contributed by atoms with E-state index in [0.29, 0.717) is 0 Å². The Bertz CT molecular complexity index is 200. The largest absolute Gasteiger partial charge is 0.309 e. The van der Waals surface area contributed by atoms with Crippen LogP contribution in [0.25, 0.3) is 0 Å². The summed E-state index contributed by atoms with van der Waals surface area (Å²) in [6.45, 7) is 5.27. The second kappa shape index (κ2) is 4.57. The SMILES string of the molecule is C=C(/C=C\C=N)B(C)C#N. The van der Waals surface area contributed by atoms with Gasteiger partial charge in [0.1, 0.15) is 0 Å². The van der Waals surface area contributed by atoms with E-state index in [2.05, 4.69) is 6.58 Å². The number of allylic oxidation sites excluding steroid dienone is 3. The molecule has 0 rings (SSSR count). The quantitative estimate of drug-likeness (QED) is 0.352. The van der Waals surface area contributed by atoms with Gasteiger partial charge in [0, 0.05) is 12.2 Å². The molecule has 0 aromatic carbocycles. The molecule has 0 saturated carbocycles. The highest BCUT2D eigenvalue weighted by Gasteiger charge is 2.05. The molecule has 0 bridgehead atoms. The molecule has 0 aliphatic carbocycles. The summed E-state index contributed by atoms with van der Waals surface area (Å²) in [7, 11) is 0. The summed E-state index contributed by atoms with van der Waals surface area (Å²) in [5.74, 6) is 2.05. The van der Waals surface area contributed by atoms with Crippen LogP contribution in [0.5, 0.6) is 0 Å². The molecule has 0 aliphatic heterocycles. The molecule has 0 fully saturated rings. The molecule has 0 aromatic rings. The molecule has 0 amide bonds. The average molecular weight is 132 g/mol. The second-order valence-electron chi connectivity index (χ2n) is 1.95. The molecule has 0 saturated heterocycles. The van der Waals surface area contributed by atoms with Crippen LogP contribution >= 0.6 is 0 Å². The Morgan fingerprint density at radius 3 is 2.80 bits per heavy atom.